The van der Waals surface area contributed by atoms with E-state index in [2.05, 4.69) is 28.1 Å². The molecule has 1 atom stereocenters. The second-order valence-corrected chi connectivity index (χ2v) is 6.60. The van der Waals surface area contributed by atoms with Crippen LogP contribution in [0.4, 0.5) is 0 Å². The highest BCUT2D eigenvalue weighted by Crippen LogP contribution is 2.21. The second kappa shape index (κ2) is 9.33. The molecule has 0 N–H and O–H groups in total. The molecule has 132 valence electrons. The van der Waals surface area contributed by atoms with Crippen LogP contribution in [0, 0.1) is 0 Å². The van der Waals surface area contributed by atoms with Gasteiger partial charge in [0.2, 0.25) is 0 Å². The van der Waals surface area contributed by atoms with Gasteiger partial charge in [0.25, 0.3) is 0 Å². The van der Waals surface area contributed by atoms with Crippen molar-refractivity contribution in [1.82, 2.24) is 9.88 Å². The van der Waals surface area contributed by atoms with Crippen LogP contribution < -0.4 is 0 Å². The molecule has 1 aromatic carbocycles. The van der Waals surface area contributed by atoms with Gasteiger partial charge in [-0.15, -0.1) is 0 Å². The lowest BCUT2D eigenvalue weighted by molar-refractivity contribution is -0.151. The lowest BCUT2D eigenvalue weighted by atomic mass is 10.0. The first-order valence-electron chi connectivity index (χ1n) is 9.16. The highest BCUT2D eigenvalue weighted by Gasteiger charge is 2.29. The molecule has 1 saturated heterocycles. The first-order valence-corrected chi connectivity index (χ1v) is 9.16. The zero-order valence-corrected chi connectivity index (χ0v) is 14.6. The largest absolute Gasteiger partial charge is 0.465 e. The van der Waals surface area contributed by atoms with Gasteiger partial charge in [-0.3, -0.25) is 14.7 Å². The summed E-state index contributed by atoms with van der Waals surface area (Å²) in [7, 11) is 0. The summed E-state index contributed by atoms with van der Waals surface area (Å²) in [6, 6.07) is 14.2. The van der Waals surface area contributed by atoms with Gasteiger partial charge in [-0.2, -0.15) is 0 Å². The van der Waals surface area contributed by atoms with Crippen molar-refractivity contribution in [2.24, 2.45) is 0 Å². The molecule has 2 aromatic rings. The Morgan fingerprint density at radius 2 is 1.96 bits per heavy atom. The van der Waals surface area contributed by atoms with Crippen molar-refractivity contribution in [2.75, 3.05) is 13.2 Å². The summed E-state index contributed by atoms with van der Waals surface area (Å²) in [6.45, 7) is 2.25. The third kappa shape index (κ3) is 5.40. The van der Waals surface area contributed by atoms with Crippen LogP contribution in [0.25, 0.3) is 0 Å². The summed E-state index contributed by atoms with van der Waals surface area (Å²) in [5, 5.41) is 0. The number of rotatable bonds is 7. The summed E-state index contributed by atoms with van der Waals surface area (Å²) in [6.07, 6.45) is 8.51. The maximum Gasteiger partial charge on any atom is 0.323 e. The van der Waals surface area contributed by atoms with Crippen molar-refractivity contribution in [3.63, 3.8) is 0 Å². The van der Waals surface area contributed by atoms with Gasteiger partial charge in [-0.1, -0.05) is 42.8 Å². The van der Waals surface area contributed by atoms with Crippen LogP contribution in [0.5, 0.6) is 0 Å². The van der Waals surface area contributed by atoms with E-state index in [1.54, 1.807) is 6.20 Å². The molecule has 1 aliphatic rings. The zero-order valence-electron chi connectivity index (χ0n) is 14.6. The minimum atomic E-state index is -0.104. The van der Waals surface area contributed by atoms with E-state index in [1.165, 1.54) is 11.1 Å². The predicted molar refractivity (Wildman–Crippen MR) is 98.0 cm³/mol. The van der Waals surface area contributed by atoms with Crippen LogP contribution in [0.1, 0.15) is 36.8 Å². The minimum Gasteiger partial charge on any atom is -0.465 e. The number of pyridine rings is 1. The van der Waals surface area contributed by atoms with Crippen LogP contribution in [0.2, 0.25) is 0 Å². The number of carbonyl (C=O) groups is 1. The molecular weight excluding hydrogens is 312 g/mol. The van der Waals surface area contributed by atoms with Gasteiger partial charge < -0.3 is 4.74 Å². The molecule has 0 radical (unpaired) electrons. The van der Waals surface area contributed by atoms with E-state index in [1.807, 2.05) is 30.5 Å². The van der Waals surface area contributed by atoms with Gasteiger partial charge in [0.15, 0.2) is 0 Å². The van der Waals surface area contributed by atoms with E-state index in [-0.39, 0.29) is 12.0 Å². The number of nitrogens with zero attached hydrogens (tertiary/aromatic N) is 2. The fourth-order valence-electron chi connectivity index (χ4n) is 3.36. The molecule has 0 bridgehead atoms. The molecule has 0 spiro atoms. The Labute approximate surface area is 149 Å². The highest BCUT2D eigenvalue weighted by molar-refractivity contribution is 5.75. The number of ether oxygens (including phenoxy) is 1. The highest BCUT2D eigenvalue weighted by atomic mass is 16.5. The molecule has 0 saturated carbocycles. The quantitative estimate of drug-likeness (QED) is 0.571. The number of hydrogen-bond donors (Lipinski definition) is 0. The molecule has 2 heterocycles. The van der Waals surface area contributed by atoms with E-state index in [0.717, 1.165) is 45.2 Å². The third-order valence-corrected chi connectivity index (χ3v) is 4.69. The topological polar surface area (TPSA) is 42.4 Å². The molecule has 25 heavy (non-hydrogen) atoms. The maximum atomic E-state index is 12.5. The Kier molecular flexibility index (Phi) is 6.57. The number of aromatic nitrogens is 1. The summed E-state index contributed by atoms with van der Waals surface area (Å²) in [5.41, 5.74) is 2.43. The summed E-state index contributed by atoms with van der Waals surface area (Å²) < 4.78 is 5.57. The van der Waals surface area contributed by atoms with Crippen LogP contribution in [-0.2, 0) is 22.5 Å². The number of benzene rings is 1. The van der Waals surface area contributed by atoms with Gasteiger partial charge >= 0.3 is 5.97 Å². The Morgan fingerprint density at radius 1 is 1.12 bits per heavy atom. The van der Waals surface area contributed by atoms with Gasteiger partial charge in [-0.25, -0.2) is 0 Å². The van der Waals surface area contributed by atoms with E-state index in [9.17, 15) is 4.79 Å². The number of piperidine rings is 1. The minimum absolute atomic E-state index is 0.0678. The average molecular weight is 338 g/mol. The number of likely N-dealkylation sites (tertiary alicyclic amines) is 1. The normalized spacial score (nSPS) is 18.0. The van der Waals surface area contributed by atoms with Crippen molar-refractivity contribution in [1.29, 1.82) is 0 Å². The molecule has 0 amide bonds. The van der Waals surface area contributed by atoms with E-state index in [4.69, 9.17) is 4.74 Å². The smallest absolute Gasteiger partial charge is 0.323 e. The molecule has 3 rings (SSSR count). The van der Waals surface area contributed by atoms with E-state index in [0.29, 0.717) is 6.61 Å². The molecule has 4 nitrogen and oxygen atoms in total. The van der Waals surface area contributed by atoms with Crippen LogP contribution in [-0.4, -0.2) is 35.0 Å². The van der Waals surface area contributed by atoms with Gasteiger partial charge in [0, 0.05) is 18.9 Å². The Hall–Kier alpha value is -2.20. The lowest BCUT2D eigenvalue weighted by Gasteiger charge is -2.34. The molecule has 1 fully saturated rings. The third-order valence-electron chi connectivity index (χ3n) is 4.69. The second-order valence-electron chi connectivity index (χ2n) is 6.60. The lowest BCUT2D eigenvalue weighted by Crippen LogP contribution is -2.45. The Morgan fingerprint density at radius 3 is 2.76 bits per heavy atom. The van der Waals surface area contributed by atoms with Gasteiger partial charge in [0.1, 0.15) is 6.04 Å². The fourth-order valence-corrected chi connectivity index (χ4v) is 3.36. The van der Waals surface area contributed by atoms with E-state index < -0.39 is 0 Å². The molecule has 1 aromatic heterocycles. The van der Waals surface area contributed by atoms with Gasteiger partial charge in [-0.05, 0) is 49.4 Å². The first kappa shape index (κ1) is 17.6. The van der Waals surface area contributed by atoms with Crippen molar-refractivity contribution in [2.45, 2.75) is 44.7 Å². The number of hydrogen-bond acceptors (Lipinski definition) is 4. The molecule has 4 heteroatoms. The van der Waals surface area contributed by atoms with Crippen LogP contribution in [0.3, 0.4) is 0 Å². The summed E-state index contributed by atoms with van der Waals surface area (Å²) >= 11 is 0. The van der Waals surface area contributed by atoms with Crippen LogP contribution >= 0.6 is 0 Å². The zero-order chi connectivity index (χ0) is 17.3. The maximum absolute atomic E-state index is 12.5. The Balaban J connectivity index is 1.47. The molecule has 1 aliphatic heterocycles. The predicted octanol–water partition coefficient (Wildman–Crippen LogP) is 3.61. The average Bonchev–Trinajstić information content (AvgIpc) is 2.67. The Bertz CT molecular complexity index is 645. The van der Waals surface area contributed by atoms with Crippen molar-refractivity contribution < 1.29 is 9.53 Å². The van der Waals surface area contributed by atoms with Crippen molar-refractivity contribution >= 4 is 5.97 Å². The first-order chi connectivity index (χ1) is 12.3. The number of aryl methyl sites for hydroxylation is 1. The van der Waals surface area contributed by atoms with Gasteiger partial charge in [0.05, 0.1) is 6.61 Å². The summed E-state index contributed by atoms with van der Waals surface area (Å²) in [4.78, 5) is 18.9. The monoisotopic (exact) mass is 338 g/mol. The standard InChI is InChI=1S/C21H26N2O2/c24-21(25-15-7-11-18-10-6-13-22-16-18)20-12-4-5-14-23(20)17-19-8-2-1-3-9-19/h1-3,6,8-10,13,16,20H,4-5,7,11-12,14-15,17H2/t20-/m1/s1. The van der Waals surface area contributed by atoms with E-state index >= 15 is 0 Å². The van der Waals surface area contributed by atoms with Crippen molar-refractivity contribution in [3.05, 3.63) is 66.0 Å². The van der Waals surface area contributed by atoms with Crippen LogP contribution in [0.15, 0.2) is 54.9 Å². The summed E-state index contributed by atoms with van der Waals surface area (Å²) in [5.74, 6) is -0.0678. The number of carbonyl (C=O) groups excluding carboxylic acids is 1. The molecular formula is C21H26N2O2. The molecule has 0 unspecified atom stereocenters. The molecule has 0 aliphatic carbocycles. The SMILES string of the molecule is O=C(OCCCc1cccnc1)[C@H]1CCCCN1Cc1ccccc1. The number of esters is 1. The fraction of sp³-hybridized carbons (Fsp3) is 0.429. The van der Waals surface area contributed by atoms with Crippen molar-refractivity contribution in [3.8, 4) is 0 Å².